The summed E-state index contributed by atoms with van der Waals surface area (Å²) in [6.07, 6.45) is 0. The van der Waals surface area contributed by atoms with Gasteiger partial charge in [0, 0.05) is 5.39 Å². The number of fused-ring (bicyclic) bond motifs is 1. The van der Waals surface area contributed by atoms with Crippen LogP contribution < -0.4 is 10.3 Å². The molecule has 0 aliphatic carbocycles. The summed E-state index contributed by atoms with van der Waals surface area (Å²) in [6, 6.07) is 14.3. The Labute approximate surface area is 139 Å². The van der Waals surface area contributed by atoms with Crippen molar-refractivity contribution in [3.8, 4) is 0 Å². The van der Waals surface area contributed by atoms with Crippen LogP contribution in [0, 0.1) is 6.92 Å². The van der Waals surface area contributed by atoms with Crippen LogP contribution in [0.2, 0.25) is 0 Å². The third-order valence-corrected chi connectivity index (χ3v) is 4.97. The number of aromatic amines is 1. The molecule has 3 aromatic rings. The van der Waals surface area contributed by atoms with Gasteiger partial charge in [0.15, 0.2) is 0 Å². The van der Waals surface area contributed by atoms with Crippen molar-refractivity contribution < 1.29 is 8.42 Å². The average molecular weight is 343 g/mol. The molecular weight excluding hydrogens is 326 g/mol. The van der Waals surface area contributed by atoms with Crippen LogP contribution >= 0.6 is 0 Å². The van der Waals surface area contributed by atoms with Crippen molar-refractivity contribution in [1.29, 1.82) is 0 Å². The maximum atomic E-state index is 12.3. The predicted octanol–water partition coefficient (Wildman–Crippen LogP) is 1.85. The molecule has 0 saturated carbocycles. The Bertz CT molecular complexity index is 1040. The van der Waals surface area contributed by atoms with Crippen molar-refractivity contribution in [2.45, 2.75) is 19.2 Å². The molecule has 3 rings (SSSR count). The van der Waals surface area contributed by atoms with Crippen LogP contribution in [-0.4, -0.2) is 18.6 Å². The van der Waals surface area contributed by atoms with Crippen molar-refractivity contribution in [1.82, 2.24) is 14.9 Å². The summed E-state index contributed by atoms with van der Waals surface area (Å²) in [5.41, 5.74) is 1.92. The van der Waals surface area contributed by atoms with Crippen molar-refractivity contribution in [2.24, 2.45) is 0 Å². The van der Waals surface area contributed by atoms with Gasteiger partial charge in [0.25, 0.3) is 5.56 Å². The lowest BCUT2D eigenvalue weighted by molar-refractivity contribution is 0.579. The zero-order valence-electron chi connectivity index (χ0n) is 13.1. The fourth-order valence-corrected chi connectivity index (χ4v) is 3.63. The van der Waals surface area contributed by atoms with Gasteiger partial charge in [-0.15, -0.1) is 0 Å². The van der Waals surface area contributed by atoms with Gasteiger partial charge in [0.05, 0.1) is 23.4 Å². The monoisotopic (exact) mass is 343 g/mol. The molecule has 0 amide bonds. The molecule has 1 aromatic heterocycles. The normalized spacial score (nSPS) is 11.7. The molecule has 2 aromatic carbocycles. The molecule has 0 bridgehead atoms. The van der Waals surface area contributed by atoms with E-state index in [1.807, 2.05) is 25.1 Å². The van der Waals surface area contributed by atoms with E-state index in [-0.39, 0.29) is 17.9 Å². The van der Waals surface area contributed by atoms with Crippen LogP contribution in [0.15, 0.2) is 53.3 Å². The average Bonchev–Trinajstić information content (AvgIpc) is 2.54. The first-order valence-corrected chi connectivity index (χ1v) is 9.09. The molecule has 0 radical (unpaired) electrons. The molecule has 0 aliphatic heterocycles. The molecule has 7 heteroatoms. The standard InChI is InChI=1S/C17H17N3O3S/c1-12-5-4-6-13(9-12)11-24(22,23)18-10-16-14-7-2-3-8-15(14)17(21)20-19-16/h2-9,18H,10-11H2,1H3,(H,20,21). The van der Waals surface area contributed by atoms with Gasteiger partial charge in [-0.05, 0) is 18.6 Å². The number of sulfonamides is 1. The number of aromatic nitrogens is 2. The minimum Gasteiger partial charge on any atom is -0.267 e. The van der Waals surface area contributed by atoms with Gasteiger partial charge in [-0.25, -0.2) is 18.2 Å². The number of H-pyrrole nitrogens is 1. The molecule has 0 fully saturated rings. The molecular formula is C17H17N3O3S. The number of nitrogens with zero attached hydrogens (tertiary/aromatic N) is 1. The first kappa shape index (κ1) is 16.4. The van der Waals surface area contributed by atoms with Crippen molar-refractivity contribution in [3.05, 3.63) is 75.7 Å². The second kappa shape index (κ2) is 6.54. The topological polar surface area (TPSA) is 91.9 Å². The van der Waals surface area contributed by atoms with Crippen molar-refractivity contribution in [3.63, 3.8) is 0 Å². The maximum Gasteiger partial charge on any atom is 0.272 e. The van der Waals surface area contributed by atoms with Crippen LogP contribution in [0.25, 0.3) is 10.8 Å². The first-order chi connectivity index (χ1) is 11.4. The van der Waals surface area contributed by atoms with E-state index in [0.717, 1.165) is 11.1 Å². The molecule has 124 valence electrons. The molecule has 2 N–H and O–H groups in total. The summed E-state index contributed by atoms with van der Waals surface area (Å²) in [6.45, 7) is 1.94. The first-order valence-electron chi connectivity index (χ1n) is 7.44. The highest BCUT2D eigenvalue weighted by Crippen LogP contribution is 2.13. The lowest BCUT2D eigenvalue weighted by atomic mass is 10.1. The summed E-state index contributed by atoms with van der Waals surface area (Å²) < 4.78 is 27.1. The molecule has 0 spiro atoms. The van der Waals surface area contributed by atoms with E-state index in [1.54, 1.807) is 30.3 Å². The van der Waals surface area contributed by atoms with Crippen LogP contribution in [0.1, 0.15) is 16.8 Å². The van der Waals surface area contributed by atoms with Crippen LogP contribution in [0.3, 0.4) is 0 Å². The SMILES string of the molecule is Cc1cccc(CS(=O)(=O)NCc2n[nH]c(=O)c3ccccc23)c1. The van der Waals surface area contributed by atoms with E-state index in [0.29, 0.717) is 16.5 Å². The van der Waals surface area contributed by atoms with Gasteiger partial charge in [-0.1, -0.05) is 48.0 Å². The molecule has 0 atom stereocenters. The fraction of sp³-hybridized carbons (Fsp3) is 0.176. The fourth-order valence-electron chi connectivity index (χ4n) is 2.56. The van der Waals surface area contributed by atoms with Gasteiger partial charge in [0.1, 0.15) is 0 Å². The Morgan fingerprint density at radius 2 is 1.83 bits per heavy atom. The Morgan fingerprint density at radius 1 is 1.08 bits per heavy atom. The Hall–Kier alpha value is -2.51. The minimum absolute atomic E-state index is 0.0193. The predicted molar refractivity (Wildman–Crippen MR) is 93.0 cm³/mol. The zero-order valence-corrected chi connectivity index (χ0v) is 13.9. The summed E-state index contributed by atoms with van der Waals surface area (Å²) in [5.74, 6) is -0.101. The highest BCUT2D eigenvalue weighted by Gasteiger charge is 2.13. The quantitative estimate of drug-likeness (QED) is 0.739. The summed E-state index contributed by atoms with van der Waals surface area (Å²) in [5, 5.41) is 7.49. The van der Waals surface area contributed by atoms with Gasteiger partial charge in [-0.3, -0.25) is 4.79 Å². The van der Waals surface area contributed by atoms with Gasteiger partial charge in [0.2, 0.25) is 10.0 Å². The minimum atomic E-state index is -3.51. The van der Waals surface area contributed by atoms with Crippen molar-refractivity contribution in [2.75, 3.05) is 0 Å². The second-order valence-corrected chi connectivity index (χ2v) is 7.42. The van der Waals surface area contributed by atoms with Crippen LogP contribution in [-0.2, 0) is 22.3 Å². The van der Waals surface area contributed by atoms with Gasteiger partial charge in [-0.2, -0.15) is 5.10 Å². The number of rotatable bonds is 5. The van der Waals surface area contributed by atoms with E-state index < -0.39 is 10.0 Å². The van der Waals surface area contributed by atoms with E-state index >= 15 is 0 Å². The lowest BCUT2D eigenvalue weighted by Crippen LogP contribution is -2.26. The number of aryl methyl sites for hydroxylation is 1. The lowest BCUT2D eigenvalue weighted by Gasteiger charge is -2.08. The Morgan fingerprint density at radius 3 is 2.58 bits per heavy atom. The molecule has 24 heavy (non-hydrogen) atoms. The highest BCUT2D eigenvalue weighted by molar-refractivity contribution is 7.88. The molecule has 0 saturated heterocycles. The molecule has 6 nitrogen and oxygen atoms in total. The van der Waals surface area contributed by atoms with E-state index in [2.05, 4.69) is 14.9 Å². The molecule has 0 unspecified atom stereocenters. The van der Waals surface area contributed by atoms with Crippen molar-refractivity contribution >= 4 is 20.8 Å². The third-order valence-electron chi connectivity index (χ3n) is 3.67. The smallest absolute Gasteiger partial charge is 0.267 e. The summed E-state index contributed by atoms with van der Waals surface area (Å²) >= 11 is 0. The number of benzene rings is 2. The molecule has 0 aliphatic rings. The Balaban J connectivity index is 1.80. The van der Waals surface area contributed by atoms with E-state index in [1.165, 1.54) is 0 Å². The number of nitrogens with one attached hydrogen (secondary N) is 2. The number of hydrogen-bond donors (Lipinski definition) is 2. The Kier molecular flexibility index (Phi) is 4.46. The van der Waals surface area contributed by atoms with Gasteiger partial charge < -0.3 is 0 Å². The second-order valence-electron chi connectivity index (χ2n) is 5.61. The highest BCUT2D eigenvalue weighted by atomic mass is 32.2. The maximum absolute atomic E-state index is 12.3. The number of hydrogen-bond acceptors (Lipinski definition) is 4. The van der Waals surface area contributed by atoms with E-state index in [4.69, 9.17) is 0 Å². The third kappa shape index (κ3) is 3.69. The largest absolute Gasteiger partial charge is 0.272 e. The summed E-state index contributed by atoms with van der Waals surface area (Å²) in [7, 11) is -3.51. The summed E-state index contributed by atoms with van der Waals surface area (Å²) in [4.78, 5) is 11.7. The van der Waals surface area contributed by atoms with E-state index in [9.17, 15) is 13.2 Å². The van der Waals surface area contributed by atoms with Gasteiger partial charge >= 0.3 is 0 Å². The zero-order chi connectivity index (χ0) is 17.2. The molecule has 1 heterocycles. The van der Waals surface area contributed by atoms with Crippen LogP contribution in [0.4, 0.5) is 0 Å². The van der Waals surface area contributed by atoms with Crippen LogP contribution in [0.5, 0.6) is 0 Å².